The largest absolute Gasteiger partial charge is 0.472 e. The van der Waals surface area contributed by atoms with E-state index >= 15 is 0 Å². The molecule has 0 radical (unpaired) electrons. The molecule has 3 aromatic heterocycles. The van der Waals surface area contributed by atoms with E-state index in [1.54, 1.807) is 11.3 Å². The summed E-state index contributed by atoms with van der Waals surface area (Å²) in [7, 11) is 0. The molecule has 0 aliphatic rings. The Bertz CT molecular complexity index is 1210. The van der Waals surface area contributed by atoms with Gasteiger partial charge in [-0.25, -0.2) is 14.8 Å². The Labute approximate surface area is 154 Å². The first-order valence-corrected chi connectivity index (χ1v) is 9.13. The van der Waals surface area contributed by atoms with Gasteiger partial charge in [0.25, 0.3) is 0 Å². The third-order valence-corrected chi connectivity index (χ3v) is 5.85. The second kappa shape index (κ2) is 6.21. The predicted molar refractivity (Wildman–Crippen MR) is 103 cm³/mol. The van der Waals surface area contributed by atoms with Gasteiger partial charge in [0.2, 0.25) is 5.88 Å². The van der Waals surface area contributed by atoms with Crippen LogP contribution < -0.4 is 10.4 Å². The molecule has 132 valence electrons. The van der Waals surface area contributed by atoms with Gasteiger partial charge in [0.1, 0.15) is 23.3 Å². The highest BCUT2D eigenvalue weighted by atomic mass is 32.1. The Balaban J connectivity index is 1.77. The van der Waals surface area contributed by atoms with E-state index in [4.69, 9.17) is 9.15 Å². The summed E-state index contributed by atoms with van der Waals surface area (Å²) in [4.78, 5) is 22.7. The number of ether oxygens (including phenoxy) is 1. The average molecular weight is 366 g/mol. The zero-order valence-corrected chi connectivity index (χ0v) is 15.9. The molecule has 4 aromatic rings. The van der Waals surface area contributed by atoms with E-state index in [2.05, 4.69) is 16.9 Å². The lowest BCUT2D eigenvalue weighted by Gasteiger charge is -2.10. The fourth-order valence-corrected chi connectivity index (χ4v) is 4.00. The first-order valence-electron chi connectivity index (χ1n) is 8.31. The summed E-state index contributed by atoms with van der Waals surface area (Å²) in [6.07, 6.45) is 1.51. The molecule has 0 aliphatic carbocycles. The van der Waals surface area contributed by atoms with Gasteiger partial charge in [-0.2, -0.15) is 0 Å². The minimum Gasteiger partial charge on any atom is -0.472 e. The van der Waals surface area contributed by atoms with Crippen LogP contribution in [0.5, 0.6) is 5.88 Å². The Morgan fingerprint density at radius 2 is 1.85 bits per heavy atom. The SMILES string of the molecule is Cc1cc2oc(=O)cc(COc3ncnc4sc(C)c(C)c34)c2cc1C. The van der Waals surface area contributed by atoms with Crippen molar-refractivity contribution in [3.05, 3.63) is 62.1 Å². The molecule has 0 unspecified atom stereocenters. The van der Waals surface area contributed by atoms with Gasteiger partial charge in [-0.15, -0.1) is 11.3 Å². The molecule has 0 saturated carbocycles. The van der Waals surface area contributed by atoms with Gasteiger partial charge in [-0.1, -0.05) is 0 Å². The highest BCUT2D eigenvalue weighted by Crippen LogP contribution is 2.34. The highest BCUT2D eigenvalue weighted by Gasteiger charge is 2.14. The zero-order chi connectivity index (χ0) is 18.4. The predicted octanol–water partition coefficient (Wildman–Crippen LogP) is 4.61. The molecule has 0 amide bonds. The standard InChI is InChI=1S/C20H18N2O3S/c1-10-5-15-14(7-17(23)25-16(15)6-11(10)2)8-24-19-18-12(3)13(4)26-20(18)22-9-21-19/h5-7,9H,8H2,1-4H3. The van der Waals surface area contributed by atoms with E-state index in [9.17, 15) is 4.79 Å². The number of nitrogens with zero attached hydrogens (tertiary/aromatic N) is 2. The number of hydrogen-bond acceptors (Lipinski definition) is 6. The summed E-state index contributed by atoms with van der Waals surface area (Å²) in [6, 6.07) is 5.41. The maximum Gasteiger partial charge on any atom is 0.336 e. The molecule has 0 saturated heterocycles. The van der Waals surface area contributed by atoms with Gasteiger partial charge in [-0.05, 0) is 56.5 Å². The molecule has 1 aromatic carbocycles. The first kappa shape index (κ1) is 16.7. The van der Waals surface area contributed by atoms with Crippen molar-refractivity contribution in [1.82, 2.24) is 9.97 Å². The van der Waals surface area contributed by atoms with Gasteiger partial charge < -0.3 is 9.15 Å². The minimum absolute atomic E-state index is 0.241. The molecule has 0 aliphatic heterocycles. The Morgan fingerprint density at radius 3 is 2.65 bits per heavy atom. The van der Waals surface area contributed by atoms with Crippen molar-refractivity contribution < 1.29 is 9.15 Å². The first-order chi connectivity index (χ1) is 12.4. The smallest absolute Gasteiger partial charge is 0.336 e. The second-order valence-electron chi connectivity index (χ2n) is 6.45. The maximum atomic E-state index is 11.9. The zero-order valence-electron chi connectivity index (χ0n) is 15.0. The highest BCUT2D eigenvalue weighted by molar-refractivity contribution is 7.18. The Kier molecular flexibility index (Phi) is 4.00. The van der Waals surface area contributed by atoms with E-state index in [0.29, 0.717) is 11.5 Å². The van der Waals surface area contributed by atoms with Crippen LogP contribution in [0.2, 0.25) is 0 Å². The van der Waals surface area contributed by atoms with Crippen LogP contribution in [0.1, 0.15) is 27.1 Å². The molecular weight excluding hydrogens is 348 g/mol. The molecule has 0 spiro atoms. The van der Waals surface area contributed by atoms with Gasteiger partial charge in [-0.3, -0.25) is 0 Å². The molecular formula is C20H18N2O3S. The van der Waals surface area contributed by atoms with Crippen LogP contribution in [0.4, 0.5) is 0 Å². The fraction of sp³-hybridized carbons (Fsp3) is 0.250. The number of aromatic nitrogens is 2. The molecule has 4 rings (SSSR count). The summed E-state index contributed by atoms with van der Waals surface area (Å²) in [5, 5.41) is 1.82. The number of aryl methyl sites for hydroxylation is 4. The van der Waals surface area contributed by atoms with Crippen LogP contribution in [0, 0.1) is 27.7 Å². The summed E-state index contributed by atoms with van der Waals surface area (Å²) in [5.74, 6) is 0.544. The van der Waals surface area contributed by atoms with Crippen LogP contribution in [0.3, 0.4) is 0 Å². The summed E-state index contributed by atoms with van der Waals surface area (Å²) >= 11 is 1.63. The van der Waals surface area contributed by atoms with E-state index in [1.165, 1.54) is 17.3 Å². The molecule has 26 heavy (non-hydrogen) atoms. The van der Waals surface area contributed by atoms with Crippen molar-refractivity contribution >= 4 is 32.5 Å². The Hall–Kier alpha value is -2.73. The topological polar surface area (TPSA) is 65.2 Å². The number of rotatable bonds is 3. The van der Waals surface area contributed by atoms with Crippen LogP contribution in [-0.4, -0.2) is 9.97 Å². The normalized spacial score (nSPS) is 11.4. The molecule has 6 heteroatoms. The molecule has 5 nitrogen and oxygen atoms in total. The molecule has 0 N–H and O–H groups in total. The van der Waals surface area contributed by atoms with Gasteiger partial charge in [0.15, 0.2) is 0 Å². The van der Waals surface area contributed by atoms with Crippen molar-refractivity contribution in [2.75, 3.05) is 0 Å². The van der Waals surface area contributed by atoms with Crippen LogP contribution in [0.15, 0.2) is 33.7 Å². The van der Waals surface area contributed by atoms with Crippen molar-refractivity contribution in [3.63, 3.8) is 0 Å². The second-order valence-corrected chi connectivity index (χ2v) is 7.66. The van der Waals surface area contributed by atoms with Crippen molar-refractivity contribution in [2.45, 2.75) is 34.3 Å². The fourth-order valence-electron chi connectivity index (χ4n) is 3.01. The number of thiophene rings is 1. The van der Waals surface area contributed by atoms with Gasteiger partial charge in [0, 0.05) is 21.9 Å². The molecule has 0 bridgehead atoms. The van der Waals surface area contributed by atoms with Crippen molar-refractivity contribution in [3.8, 4) is 5.88 Å². The van der Waals surface area contributed by atoms with Crippen LogP contribution >= 0.6 is 11.3 Å². The molecule has 3 heterocycles. The average Bonchev–Trinajstić information content (AvgIpc) is 2.89. The van der Waals surface area contributed by atoms with Crippen LogP contribution in [0.25, 0.3) is 21.2 Å². The Morgan fingerprint density at radius 1 is 1.08 bits per heavy atom. The number of fused-ring (bicyclic) bond motifs is 2. The van der Waals surface area contributed by atoms with E-state index < -0.39 is 0 Å². The minimum atomic E-state index is -0.380. The third kappa shape index (κ3) is 2.76. The molecule has 0 fully saturated rings. The lowest BCUT2D eigenvalue weighted by atomic mass is 10.0. The molecule has 0 atom stereocenters. The maximum absolute atomic E-state index is 11.9. The lowest BCUT2D eigenvalue weighted by Crippen LogP contribution is -2.05. The summed E-state index contributed by atoms with van der Waals surface area (Å²) in [5.41, 5.74) is 4.34. The van der Waals surface area contributed by atoms with Crippen molar-refractivity contribution in [2.24, 2.45) is 0 Å². The number of hydrogen-bond donors (Lipinski definition) is 0. The van der Waals surface area contributed by atoms with E-state index in [0.717, 1.165) is 37.9 Å². The van der Waals surface area contributed by atoms with E-state index in [-0.39, 0.29) is 12.2 Å². The quantitative estimate of drug-likeness (QED) is 0.495. The van der Waals surface area contributed by atoms with Gasteiger partial charge in [0.05, 0.1) is 5.39 Å². The van der Waals surface area contributed by atoms with Crippen LogP contribution in [-0.2, 0) is 6.61 Å². The lowest BCUT2D eigenvalue weighted by molar-refractivity contribution is 0.298. The van der Waals surface area contributed by atoms with Crippen molar-refractivity contribution in [1.29, 1.82) is 0 Å². The monoisotopic (exact) mass is 366 g/mol. The third-order valence-electron chi connectivity index (χ3n) is 4.74. The van der Waals surface area contributed by atoms with E-state index in [1.807, 2.05) is 32.9 Å². The number of benzene rings is 1. The summed E-state index contributed by atoms with van der Waals surface area (Å²) < 4.78 is 11.4. The summed E-state index contributed by atoms with van der Waals surface area (Å²) in [6.45, 7) is 8.38. The van der Waals surface area contributed by atoms with Gasteiger partial charge >= 0.3 is 5.63 Å².